The number of methoxy groups -OCH3 is 2. The number of benzene rings is 2. The topological polar surface area (TPSA) is 73.3 Å². The van der Waals surface area contributed by atoms with Crippen LogP contribution in [0, 0.1) is 0 Å². The van der Waals surface area contributed by atoms with Crippen LogP contribution in [0.5, 0.6) is 11.5 Å². The molecule has 1 amide bonds. The van der Waals surface area contributed by atoms with Crippen molar-refractivity contribution in [3.8, 4) is 11.5 Å². The van der Waals surface area contributed by atoms with Gasteiger partial charge < -0.3 is 14.8 Å². The number of aromatic nitrogens is 2. The first-order chi connectivity index (χ1) is 11.7. The molecule has 0 saturated carbocycles. The fourth-order valence-corrected chi connectivity index (χ4v) is 2.33. The van der Waals surface area contributed by atoms with Gasteiger partial charge in [0.05, 0.1) is 31.4 Å². The second kappa shape index (κ2) is 6.95. The molecule has 0 unspecified atom stereocenters. The fourth-order valence-electron chi connectivity index (χ4n) is 2.33. The number of hydrogen-bond donors (Lipinski definition) is 1. The molecule has 6 heteroatoms. The van der Waals surface area contributed by atoms with Crippen LogP contribution in [0.25, 0.3) is 11.0 Å². The molecular weight excluding hydrogens is 306 g/mol. The Bertz CT molecular complexity index is 880. The van der Waals surface area contributed by atoms with Crippen molar-refractivity contribution in [2.75, 3.05) is 14.2 Å². The molecule has 0 aliphatic rings. The first-order valence-corrected chi connectivity index (χ1v) is 7.42. The summed E-state index contributed by atoms with van der Waals surface area (Å²) in [5, 5.41) is 2.83. The third-order valence-electron chi connectivity index (χ3n) is 3.61. The van der Waals surface area contributed by atoms with Crippen molar-refractivity contribution in [2.45, 2.75) is 6.54 Å². The molecule has 3 rings (SSSR count). The van der Waals surface area contributed by atoms with Crippen molar-refractivity contribution in [2.24, 2.45) is 0 Å². The fraction of sp³-hybridized carbons (Fsp3) is 0.167. The Morgan fingerprint density at radius 3 is 2.62 bits per heavy atom. The zero-order valence-electron chi connectivity index (χ0n) is 13.4. The SMILES string of the molecule is COc1ccc(CNC(=O)c2cnc3ccccc3n2)c(OC)c1. The number of hydrogen-bond acceptors (Lipinski definition) is 5. The van der Waals surface area contributed by atoms with Crippen LogP contribution in [0.1, 0.15) is 16.1 Å². The van der Waals surface area contributed by atoms with Crippen LogP contribution in [0.2, 0.25) is 0 Å². The van der Waals surface area contributed by atoms with Gasteiger partial charge in [0, 0.05) is 18.2 Å². The van der Waals surface area contributed by atoms with Crippen molar-refractivity contribution >= 4 is 16.9 Å². The highest BCUT2D eigenvalue weighted by atomic mass is 16.5. The smallest absolute Gasteiger partial charge is 0.271 e. The molecule has 1 heterocycles. The molecule has 0 spiro atoms. The predicted octanol–water partition coefficient (Wildman–Crippen LogP) is 2.58. The first kappa shape index (κ1) is 15.7. The van der Waals surface area contributed by atoms with Gasteiger partial charge in [0.25, 0.3) is 5.91 Å². The number of carbonyl (C=O) groups excluding carboxylic acids is 1. The Balaban J connectivity index is 1.75. The van der Waals surface area contributed by atoms with E-state index in [-0.39, 0.29) is 11.6 Å². The van der Waals surface area contributed by atoms with Gasteiger partial charge in [-0.1, -0.05) is 12.1 Å². The van der Waals surface area contributed by atoms with Crippen LogP contribution < -0.4 is 14.8 Å². The van der Waals surface area contributed by atoms with Crippen LogP contribution in [0.15, 0.2) is 48.7 Å². The van der Waals surface area contributed by atoms with E-state index in [1.54, 1.807) is 20.3 Å². The lowest BCUT2D eigenvalue weighted by molar-refractivity contribution is 0.0945. The predicted molar refractivity (Wildman–Crippen MR) is 90.3 cm³/mol. The number of fused-ring (bicyclic) bond motifs is 1. The molecular formula is C18H17N3O3. The number of carbonyl (C=O) groups is 1. The van der Waals surface area contributed by atoms with E-state index in [0.29, 0.717) is 23.6 Å². The zero-order chi connectivity index (χ0) is 16.9. The largest absolute Gasteiger partial charge is 0.497 e. The van der Waals surface area contributed by atoms with Crippen LogP contribution in [0.4, 0.5) is 0 Å². The summed E-state index contributed by atoms with van der Waals surface area (Å²) in [6.45, 7) is 0.320. The van der Waals surface area contributed by atoms with E-state index in [4.69, 9.17) is 9.47 Å². The Morgan fingerprint density at radius 1 is 1.08 bits per heavy atom. The molecule has 0 radical (unpaired) electrons. The molecule has 24 heavy (non-hydrogen) atoms. The standard InChI is InChI=1S/C18H17N3O3/c1-23-13-8-7-12(17(9-13)24-2)10-20-18(22)16-11-19-14-5-3-4-6-15(14)21-16/h3-9,11H,10H2,1-2H3,(H,20,22). The van der Waals surface area contributed by atoms with Crippen molar-refractivity contribution < 1.29 is 14.3 Å². The quantitative estimate of drug-likeness (QED) is 0.781. The summed E-state index contributed by atoms with van der Waals surface area (Å²) >= 11 is 0. The van der Waals surface area contributed by atoms with Crippen molar-refractivity contribution in [3.05, 3.63) is 59.9 Å². The van der Waals surface area contributed by atoms with E-state index in [0.717, 1.165) is 11.1 Å². The zero-order valence-corrected chi connectivity index (χ0v) is 13.4. The second-order valence-electron chi connectivity index (χ2n) is 5.10. The number of nitrogens with one attached hydrogen (secondary N) is 1. The molecule has 0 aliphatic heterocycles. The van der Waals surface area contributed by atoms with Gasteiger partial charge in [0.15, 0.2) is 0 Å². The number of rotatable bonds is 5. The van der Waals surface area contributed by atoms with E-state index in [1.165, 1.54) is 6.20 Å². The highest BCUT2D eigenvalue weighted by Gasteiger charge is 2.11. The average molecular weight is 323 g/mol. The highest BCUT2D eigenvalue weighted by Crippen LogP contribution is 2.24. The summed E-state index contributed by atoms with van der Waals surface area (Å²) in [5.74, 6) is 1.06. The molecule has 6 nitrogen and oxygen atoms in total. The summed E-state index contributed by atoms with van der Waals surface area (Å²) in [7, 11) is 3.17. The minimum Gasteiger partial charge on any atom is -0.497 e. The van der Waals surface area contributed by atoms with E-state index >= 15 is 0 Å². The van der Waals surface area contributed by atoms with E-state index in [2.05, 4.69) is 15.3 Å². The Labute approximate surface area is 139 Å². The average Bonchev–Trinajstić information content (AvgIpc) is 2.65. The number of para-hydroxylation sites is 2. The maximum atomic E-state index is 12.3. The first-order valence-electron chi connectivity index (χ1n) is 7.42. The second-order valence-corrected chi connectivity index (χ2v) is 5.10. The minimum absolute atomic E-state index is 0.279. The maximum Gasteiger partial charge on any atom is 0.271 e. The number of nitrogens with zero attached hydrogens (tertiary/aromatic N) is 2. The normalized spacial score (nSPS) is 10.4. The molecule has 0 saturated heterocycles. The molecule has 1 aromatic heterocycles. The van der Waals surface area contributed by atoms with Gasteiger partial charge >= 0.3 is 0 Å². The molecule has 3 aromatic rings. The van der Waals surface area contributed by atoms with Crippen LogP contribution in [-0.2, 0) is 6.54 Å². The molecule has 0 bridgehead atoms. The van der Waals surface area contributed by atoms with Gasteiger partial charge in [0.2, 0.25) is 0 Å². The lowest BCUT2D eigenvalue weighted by atomic mass is 10.2. The monoisotopic (exact) mass is 323 g/mol. The summed E-state index contributed by atoms with van der Waals surface area (Å²) in [6.07, 6.45) is 1.48. The summed E-state index contributed by atoms with van der Waals surface area (Å²) < 4.78 is 10.5. The van der Waals surface area contributed by atoms with Gasteiger partial charge in [-0.2, -0.15) is 0 Å². The van der Waals surface area contributed by atoms with Gasteiger partial charge in [0.1, 0.15) is 17.2 Å². The van der Waals surface area contributed by atoms with E-state index < -0.39 is 0 Å². The van der Waals surface area contributed by atoms with Gasteiger partial charge in [-0.15, -0.1) is 0 Å². The van der Waals surface area contributed by atoms with Crippen LogP contribution in [-0.4, -0.2) is 30.1 Å². The third-order valence-corrected chi connectivity index (χ3v) is 3.61. The lowest BCUT2D eigenvalue weighted by Crippen LogP contribution is -2.24. The number of amides is 1. The summed E-state index contributed by atoms with van der Waals surface area (Å²) in [4.78, 5) is 20.9. The summed E-state index contributed by atoms with van der Waals surface area (Å²) in [6, 6.07) is 12.9. The van der Waals surface area contributed by atoms with Crippen LogP contribution in [0.3, 0.4) is 0 Å². The molecule has 122 valence electrons. The van der Waals surface area contributed by atoms with Crippen molar-refractivity contribution in [3.63, 3.8) is 0 Å². The van der Waals surface area contributed by atoms with Crippen LogP contribution >= 0.6 is 0 Å². The minimum atomic E-state index is -0.286. The lowest BCUT2D eigenvalue weighted by Gasteiger charge is -2.11. The van der Waals surface area contributed by atoms with Crippen molar-refractivity contribution in [1.82, 2.24) is 15.3 Å². The van der Waals surface area contributed by atoms with Gasteiger partial charge in [-0.25, -0.2) is 4.98 Å². The van der Waals surface area contributed by atoms with E-state index in [1.807, 2.05) is 36.4 Å². The van der Waals surface area contributed by atoms with Crippen molar-refractivity contribution in [1.29, 1.82) is 0 Å². The summed E-state index contributed by atoms with van der Waals surface area (Å²) in [5.41, 5.74) is 2.57. The van der Waals surface area contributed by atoms with E-state index in [9.17, 15) is 4.79 Å². The third kappa shape index (κ3) is 3.27. The Hall–Kier alpha value is -3.15. The highest BCUT2D eigenvalue weighted by molar-refractivity contribution is 5.93. The molecule has 2 aromatic carbocycles. The van der Waals surface area contributed by atoms with Gasteiger partial charge in [-0.3, -0.25) is 9.78 Å². The number of ether oxygens (including phenoxy) is 2. The Morgan fingerprint density at radius 2 is 1.88 bits per heavy atom. The Kier molecular flexibility index (Phi) is 4.56. The maximum absolute atomic E-state index is 12.3. The molecule has 0 atom stereocenters. The molecule has 1 N–H and O–H groups in total. The molecule has 0 aliphatic carbocycles. The molecule has 0 fully saturated rings. The van der Waals surface area contributed by atoms with Gasteiger partial charge in [-0.05, 0) is 24.3 Å².